The van der Waals surface area contributed by atoms with Crippen LogP contribution in [0.1, 0.15) is 73.1 Å². The van der Waals surface area contributed by atoms with E-state index in [4.69, 9.17) is 23.3 Å². The van der Waals surface area contributed by atoms with Crippen molar-refractivity contribution in [1.82, 2.24) is 0 Å². The van der Waals surface area contributed by atoms with E-state index < -0.39 is 20.5 Å². The summed E-state index contributed by atoms with van der Waals surface area (Å²) in [7, 11) is -2.40. The summed E-state index contributed by atoms with van der Waals surface area (Å²) >= 11 is 0. The van der Waals surface area contributed by atoms with Gasteiger partial charge in [0, 0.05) is 18.1 Å². The van der Waals surface area contributed by atoms with Crippen LogP contribution in [0.5, 0.6) is 0 Å². The predicted molar refractivity (Wildman–Crippen MR) is 90.2 cm³/mol. The smallest absolute Gasteiger partial charge is 0.348 e. The van der Waals surface area contributed by atoms with Crippen molar-refractivity contribution in [2.45, 2.75) is 85.4 Å². The van der Waals surface area contributed by atoms with E-state index in [1.807, 2.05) is 0 Å². The molecule has 2 atom stereocenters. The molecular weight excluding hydrogens is 319 g/mol. The van der Waals surface area contributed by atoms with Gasteiger partial charge in [0.05, 0.1) is 13.2 Å². The fraction of sp³-hybridized carbons (Fsp3) is 1.00. The molecule has 0 aliphatic rings. The number of rotatable bonds is 16. The molecule has 0 saturated heterocycles. The van der Waals surface area contributed by atoms with Crippen molar-refractivity contribution < 1.29 is 27.8 Å². The highest BCUT2D eigenvalue weighted by Crippen LogP contribution is 2.34. The van der Waals surface area contributed by atoms with Crippen molar-refractivity contribution in [3.63, 3.8) is 0 Å². The Hall–Kier alpha value is -0.100. The molecular formula is C16H34O6P+. The summed E-state index contributed by atoms with van der Waals surface area (Å²) in [4.78, 5) is 0. The van der Waals surface area contributed by atoms with E-state index in [0.717, 1.165) is 38.5 Å². The van der Waals surface area contributed by atoms with E-state index in [9.17, 15) is 4.57 Å². The maximum Gasteiger partial charge on any atom is 0.705 e. The summed E-state index contributed by atoms with van der Waals surface area (Å²) in [6, 6.07) is 0. The fourth-order valence-corrected chi connectivity index (χ4v) is 2.32. The summed E-state index contributed by atoms with van der Waals surface area (Å²) in [5, 5.41) is 0. The molecule has 0 amide bonds. The minimum atomic E-state index is -2.40. The largest absolute Gasteiger partial charge is 0.705 e. The third-order valence-electron chi connectivity index (χ3n) is 3.05. The Morgan fingerprint density at radius 3 is 1.87 bits per heavy atom. The molecule has 0 spiro atoms. The van der Waals surface area contributed by atoms with Gasteiger partial charge in [0.25, 0.3) is 0 Å². The highest BCUT2D eigenvalue weighted by Gasteiger charge is 2.41. The summed E-state index contributed by atoms with van der Waals surface area (Å²) in [5.41, 5.74) is 0. The molecule has 0 radical (unpaired) electrons. The highest BCUT2D eigenvalue weighted by atomic mass is 31.1. The molecule has 0 aliphatic heterocycles. The van der Waals surface area contributed by atoms with Gasteiger partial charge in [0.1, 0.15) is 0 Å². The lowest BCUT2D eigenvalue weighted by molar-refractivity contribution is -0.334. The van der Waals surface area contributed by atoms with Crippen molar-refractivity contribution in [2.75, 3.05) is 19.8 Å². The first-order chi connectivity index (χ1) is 11.0. The van der Waals surface area contributed by atoms with Crippen LogP contribution in [0.15, 0.2) is 0 Å². The molecule has 0 rings (SSSR count). The third kappa shape index (κ3) is 12.9. The second-order valence-corrected chi connectivity index (χ2v) is 6.32. The lowest BCUT2D eigenvalue weighted by atomic mass is 10.3. The zero-order chi connectivity index (χ0) is 17.6. The Labute approximate surface area is 142 Å². The molecule has 7 heteroatoms. The second kappa shape index (κ2) is 14.3. The zero-order valence-corrected chi connectivity index (χ0v) is 16.2. The molecule has 0 aromatic rings. The van der Waals surface area contributed by atoms with Crippen molar-refractivity contribution in [1.29, 1.82) is 0 Å². The number of unbranched alkanes of at least 4 members (excludes halogenated alkanes) is 3. The molecule has 0 saturated carbocycles. The van der Waals surface area contributed by atoms with Gasteiger partial charge in [-0.2, -0.15) is 0 Å². The zero-order valence-electron chi connectivity index (χ0n) is 15.3. The predicted octanol–water partition coefficient (Wildman–Crippen LogP) is 5.15. The number of hydrogen-bond donors (Lipinski definition) is 0. The Kier molecular flexibility index (Phi) is 14.2. The van der Waals surface area contributed by atoms with E-state index in [1.165, 1.54) is 0 Å². The van der Waals surface area contributed by atoms with Crippen LogP contribution in [0.4, 0.5) is 0 Å². The van der Waals surface area contributed by atoms with E-state index in [1.54, 1.807) is 13.8 Å². The molecule has 2 unspecified atom stereocenters. The Morgan fingerprint density at radius 1 is 0.913 bits per heavy atom. The molecule has 23 heavy (non-hydrogen) atoms. The van der Waals surface area contributed by atoms with Crippen LogP contribution >= 0.6 is 8.25 Å². The summed E-state index contributed by atoms with van der Waals surface area (Å²) in [5.74, 6) is -1.36. The minimum absolute atomic E-state index is 0.477. The van der Waals surface area contributed by atoms with Crippen LogP contribution in [0.2, 0.25) is 0 Å². The summed E-state index contributed by atoms with van der Waals surface area (Å²) in [6.07, 6.45) is 5.12. The number of ether oxygens (including phenoxy) is 3. The topological polar surface area (TPSA) is 63.2 Å². The van der Waals surface area contributed by atoms with Crippen LogP contribution in [-0.4, -0.2) is 32.1 Å². The van der Waals surface area contributed by atoms with E-state index >= 15 is 0 Å². The average molecular weight is 353 g/mol. The first-order valence-corrected chi connectivity index (χ1v) is 9.79. The maximum atomic E-state index is 12.0. The third-order valence-corrected chi connectivity index (χ3v) is 4.00. The van der Waals surface area contributed by atoms with Gasteiger partial charge >= 0.3 is 14.2 Å². The van der Waals surface area contributed by atoms with Gasteiger partial charge in [-0.3, -0.25) is 0 Å². The van der Waals surface area contributed by atoms with Crippen LogP contribution in [0.25, 0.3) is 0 Å². The quantitative estimate of drug-likeness (QED) is 0.217. The molecule has 0 aromatic carbocycles. The molecule has 138 valence electrons. The molecule has 0 fully saturated rings. The first-order valence-electron chi connectivity index (χ1n) is 8.70. The van der Waals surface area contributed by atoms with Crippen molar-refractivity contribution in [3.05, 3.63) is 0 Å². The molecule has 0 heterocycles. The minimum Gasteiger partial charge on any atom is -0.348 e. The summed E-state index contributed by atoms with van der Waals surface area (Å²) in [6.45, 7) is 11.0. The van der Waals surface area contributed by atoms with Crippen LogP contribution in [-0.2, 0) is 27.8 Å². The fourth-order valence-electron chi connectivity index (χ4n) is 1.60. The lowest BCUT2D eigenvalue weighted by Crippen LogP contribution is -2.35. The normalized spacial score (nSPS) is 14.0. The molecule has 0 aromatic heterocycles. The number of hydrogen-bond acceptors (Lipinski definition) is 6. The van der Waals surface area contributed by atoms with Gasteiger partial charge in [0.15, 0.2) is 0 Å². The molecule has 0 N–H and O–H groups in total. The Bertz CT molecular complexity index is 290. The first kappa shape index (κ1) is 22.9. The van der Waals surface area contributed by atoms with Crippen LogP contribution in [0.3, 0.4) is 0 Å². The van der Waals surface area contributed by atoms with E-state index in [-0.39, 0.29) is 0 Å². The maximum absolute atomic E-state index is 12.0. The van der Waals surface area contributed by atoms with E-state index in [2.05, 4.69) is 20.8 Å². The Morgan fingerprint density at radius 2 is 1.39 bits per heavy atom. The SMILES string of the molecule is CCCCOC(C)O[P+](=O)OC(C)(OCCCC)OCCCC. The van der Waals surface area contributed by atoms with Gasteiger partial charge in [-0.1, -0.05) is 49.1 Å². The van der Waals surface area contributed by atoms with Crippen LogP contribution < -0.4 is 0 Å². The van der Waals surface area contributed by atoms with Gasteiger partial charge in [0.2, 0.25) is 6.29 Å². The van der Waals surface area contributed by atoms with Gasteiger partial charge < -0.3 is 14.2 Å². The van der Waals surface area contributed by atoms with Gasteiger partial charge in [-0.25, -0.2) is 0 Å². The molecule has 0 bridgehead atoms. The molecule has 6 nitrogen and oxygen atoms in total. The monoisotopic (exact) mass is 353 g/mol. The lowest BCUT2D eigenvalue weighted by Gasteiger charge is -2.23. The van der Waals surface area contributed by atoms with Gasteiger partial charge in [-0.05, 0) is 26.2 Å². The average Bonchev–Trinajstić information content (AvgIpc) is 2.47. The summed E-state index contributed by atoms with van der Waals surface area (Å²) < 4.78 is 39.2. The van der Waals surface area contributed by atoms with Gasteiger partial charge in [-0.15, -0.1) is 0 Å². The Balaban J connectivity index is 4.33. The van der Waals surface area contributed by atoms with E-state index in [0.29, 0.717) is 19.8 Å². The van der Waals surface area contributed by atoms with Crippen molar-refractivity contribution in [3.8, 4) is 0 Å². The highest BCUT2D eigenvalue weighted by molar-refractivity contribution is 7.33. The second-order valence-electron chi connectivity index (χ2n) is 5.48. The van der Waals surface area contributed by atoms with Crippen molar-refractivity contribution in [2.24, 2.45) is 0 Å². The molecule has 0 aliphatic carbocycles. The standard InChI is InChI=1S/C16H34O6P/c1-6-9-12-18-15(4)21-23(17)22-16(5,19-13-10-7-2)20-14-11-8-3/h15H,6-14H2,1-5H3/q+1. The van der Waals surface area contributed by atoms with Crippen LogP contribution in [0, 0.1) is 0 Å². The van der Waals surface area contributed by atoms with Crippen molar-refractivity contribution >= 4 is 8.25 Å².